The molecule has 0 radical (unpaired) electrons. The fraction of sp³-hybridized carbons (Fsp3) is 0.688. The summed E-state index contributed by atoms with van der Waals surface area (Å²) in [6.07, 6.45) is 5.34. The van der Waals surface area contributed by atoms with Crippen molar-refractivity contribution in [2.45, 2.75) is 60.8 Å². The van der Waals surface area contributed by atoms with Gasteiger partial charge in [-0.15, -0.1) is 0 Å². The predicted octanol–water partition coefficient (Wildman–Crippen LogP) is 4.65. The summed E-state index contributed by atoms with van der Waals surface area (Å²) >= 11 is 0. The smallest absolute Gasteiger partial charge is 0.0411 e. The summed E-state index contributed by atoms with van der Waals surface area (Å²) in [5, 5.41) is 0. The zero-order chi connectivity index (χ0) is 13.1. The topological polar surface area (TPSA) is 12.9 Å². The van der Waals surface area contributed by atoms with E-state index >= 15 is 0 Å². The molecule has 1 aromatic heterocycles. The zero-order valence-electron chi connectivity index (χ0n) is 12.3. The quantitative estimate of drug-likeness (QED) is 0.737. The standard InChI is InChI=1S/C16H27N/c1-7-16(5,6)12-14-10-13(8-9-17-14)11-15(2,3)4/h8-10H,7,11-12H2,1-6H3. The Labute approximate surface area is 107 Å². The molecular weight excluding hydrogens is 206 g/mol. The third-order valence-corrected chi connectivity index (χ3v) is 3.23. The van der Waals surface area contributed by atoms with Crippen LogP contribution in [-0.2, 0) is 12.8 Å². The molecule has 0 aromatic carbocycles. The Bertz CT molecular complexity index is 358. The van der Waals surface area contributed by atoms with Crippen molar-refractivity contribution in [1.82, 2.24) is 4.98 Å². The Morgan fingerprint density at radius 2 is 1.71 bits per heavy atom. The minimum atomic E-state index is 0.346. The molecule has 0 atom stereocenters. The molecule has 0 unspecified atom stereocenters. The van der Waals surface area contributed by atoms with Crippen molar-refractivity contribution in [3.8, 4) is 0 Å². The Hall–Kier alpha value is -0.850. The minimum Gasteiger partial charge on any atom is -0.261 e. The molecule has 1 nitrogen and oxygen atoms in total. The average molecular weight is 233 g/mol. The van der Waals surface area contributed by atoms with E-state index in [9.17, 15) is 0 Å². The average Bonchev–Trinajstić information content (AvgIpc) is 2.14. The molecule has 0 saturated carbocycles. The lowest BCUT2D eigenvalue weighted by atomic mass is 9.84. The number of nitrogens with zero attached hydrogens (tertiary/aromatic N) is 1. The van der Waals surface area contributed by atoms with Crippen LogP contribution in [0.3, 0.4) is 0 Å². The molecule has 1 heteroatoms. The summed E-state index contributed by atoms with van der Waals surface area (Å²) in [4.78, 5) is 4.50. The number of hydrogen-bond donors (Lipinski definition) is 0. The molecule has 96 valence electrons. The molecule has 0 aliphatic carbocycles. The van der Waals surface area contributed by atoms with Crippen LogP contribution in [0.2, 0.25) is 0 Å². The van der Waals surface area contributed by atoms with Crippen LogP contribution in [0, 0.1) is 10.8 Å². The Kier molecular flexibility index (Phi) is 4.35. The van der Waals surface area contributed by atoms with Gasteiger partial charge in [0.05, 0.1) is 0 Å². The van der Waals surface area contributed by atoms with Crippen LogP contribution in [0.15, 0.2) is 18.3 Å². The third-order valence-electron chi connectivity index (χ3n) is 3.23. The van der Waals surface area contributed by atoms with E-state index in [0.717, 1.165) is 12.8 Å². The highest BCUT2D eigenvalue weighted by atomic mass is 14.7. The number of pyridine rings is 1. The third kappa shape index (κ3) is 5.34. The summed E-state index contributed by atoms with van der Waals surface area (Å²) in [5.41, 5.74) is 3.35. The van der Waals surface area contributed by atoms with Gasteiger partial charge in [-0.25, -0.2) is 0 Å². The van der Waals surface area contributed by atoms with E-state index in [1.54, 1.807) is 0 Å². The van der Waals surface area contributed by atoms with E-state index in [4.69, 9.17) is 0 Å². The second kappa shape index (κ2) is 5.20. The van der Waals surface area contributed by atoms with E-state index in [0.29, 0.717) is 10.8 Å². The molecule has 1 heterocycles. The molecule has 1 aromatic rings. The highest BCUT2D eigenvalue weighted by molar-refractivity contribution is 5.18. The summed E-state index contributed by atoms with van der Waals surface area (Å²) < 4.78 is 0. The Morgan fingerprint density at radius 3 is 2.24 bits per heavy atom. The van der Waals surface area contributed by atoms with Crippen LogP contribution in [0.1, 0.15) is 59.2 Å². The molecule has 0 saturated heterocycles. The van der Waals surface area contributed by atoms with Crippen molar-refractivity contribution in [3.63, 3.8) is 0 Å². The predicted molar refractivity (Wildman–Crippen MR) is 75.2 cm³/mol. The highest BCUT2D eigenvalue weighted by Crippen LogP contribution is 2.26. The normalized spacial score (nSPS) is 12.8. The number of rotatable bonds is 4. The van der Waals surface area contributed by atoms with Gasteiger partial charge in [-0.05, 0) is 41.4 Å². The molecule has 17 heavy (non-hydrogen) atoms. The summed E-state index contributed by atoms with van der Waals surface area (Å²) in [5.74, 6) is 0. The molecule has 0 fully saturated rings. The van der Waals surface area contributed by atoms with Crippen LogP contribution in [0.5, 0.6) is 0 Å². The van der Waals surface area contributed by atoms with Gasteiger partial charge in [-0.2, -0.15) is 0 Å². The van der Waals surface area contributed by atoms with Gasteiger partial charge in [-0.1, -0.05) is 48.0 Å². The zero-order valence-corrected chi connectivity index (χ0v) is 12.3. The van der Waals surface area contributed by atoms with Crippen molar-refractivity contribution in [2.24, 2.45) is 10.8 Å². The second-order valence-electron chi connectivity index (χ2n) is 7.09. The van der Waals surface area contributed by atoms with Gasteiger partial charge in [-0.3, -0.25) is 4.98 Å². The summed E-state index contributed by atoms with van der Waals surface area (Å²) in [6, 6.07) is 4.43. The largest absolute Gasteiger partial charge is 0.261 e. The van der Waals surface area contributed by atoms with Gasteiger partial charge in [0.1, 0.15) is 0 Å². The Balaban J connectivity index is 2.80. The first-order valence-electron chi connectivity index (χ1n) is 6.66. The first-order chi connectivity index (χ1) is 7.72. The van der Waals surface area contributed by atoms with Gasteiger partial charge in [0.25, 0.3) is 0 Å². The van der Waals surface area contributed by atoms with E-state index in [-0.39, 0.29) is 0 Å². The van der Waals surface area contributed by atoms with Gasteiger partial charge >= 0.3 is 0 Å². The molecule has 0 aliphatic rings. The first-order valence-corrected chi connectivity index (χ1v) is 6.66. The number of aromatic nitrogens is 1. The van der Waals surface area contributed by atoms with Gasteiger partial charge < -0.3 is 0 Å². The SMILES string of the molecule is CCC(C)(C)Cc1cc(CC(C)(C)C)ccn1. The van der Waals surface area contributed by atoms with Crippen molar-refractivity contribution in [3.05, 3.63) is 29.6 Å². The monoisotopic (exact) mass is 233 g/mol. The maximum atomic E-state index is 4.50. The van der Waals surface area contributed by atoms with Gasteiger partial charge in [0.15, 0.2) is 0 Å². The minimum absolute atomic E-state index is 0.346. The Morgan fingerprint density at radius 1 is 1.06 bits per heavy atom. The molecule has 0 N–H and O–H groups in total. The van der Waals surface area contributed by atoms with Gasteiger partial charge in [0.2, 0.25) is 0 Å². The van der Waals surface area contributed by atoms with Crippen LogP contribution >= 0.6 is 0 Å². The van der Waals surface area contributed by atoms with E-state index < -0.39 is 0 Å². The van der Waals surface area contributed by atoms with Crippen LogP contribution < -0.4 is 0 Å². The van der Waals surface area contributed by atoms with Crippen LogP contribution in [0.4, 0.5) is 0 Å². The van der Waals surface area contributed by atoms with E-state index in [2.05, 4.69) is 58.7 Å². The molecule has 0 bridgehead atoms. The summed E-state index contributed by atoms with van der Waals surface area (Å²) in [7, 11) is 0. The van der Waals surface area contributed by atoms with Crippen molar-refractivity contribution in [1.29, 1.82) is 0 Å². The summed E-state index contributed by atoms with van der Waals surface area (Å²) in [6.45, 7) is 13.7. The maximum absolute atomic E-state index is 4.50. The lowest BCUT2D eigenvalue weighted by Crippen LogP contribution is -2.15. The van der Waals surface area contributed by atoms with E-state index in [1.165, 1.54) is 17.7 Å². The van der Waals surface area contributed by atoms with Crippen molar-refractivity contribution >= 4 is 0 Å². The van der Waals surface area contributed by atoms with Crippen molar-refractivity contribution < 1.29 is 0 Å². The molecule has 1 rings (SSSR count). The second-order valence-corrected chi connectivity index (χ2v) is 7.09. The maximum Gasteiger partial charge on any atom is 0.0411 e. The van der Waals surface area contributed by atoms with Gasteiger partial charge in [0, 0.05) is 11.9 Å². The van der Waals surface area contributed by atoms with Crippen LogP contribution in [0.25, 0.3) is 0 Å². The lowest BCUT2D eigenvalue weighted by Gasteiger charge is -2.23. The lowest BCUT2D eigenvalue weighted by molar-refractivity contribution is 0.345. The van der Waals surface area contributed by atoms with Crippen molar-refractivity contribution in [2.75, 3.05) is 0 Å². The van der Waals surface area contributed by atoms with Crippen LogP contribution in [-0.4, -0.2) is 4.98 Å². The molecule has 0 amide bonds. The molecular formula is C16H27N. The first kappa shape index (κ1) is 14.2. The number of hydrogen-bond acceptors (Lipinski definition) is 1. The highest BCUT2D eigenvalue weighted by Gasteiger charge is 2.17. The molecule has 0 aliphatic heterocycles. The fourth-order valence-corrected chi connectivity index (χ4v) is 1.96. The fourth-order valence-electron chi connectivity index (χ4n) is 1.96. The molecule has 0 spiro atoms. The van der Waals surface area contributed by atoms with E-state index in [1.807, 2.05) is 6.20 Å².